The zero-order valence-corrected chi connectivity index (χ0v) is 30.4. The van der Waals surface area contributed by atoms with Crippen molar-refractivity contribution < 1.29 is 33.3 Å². The lowest BCUT2D eigenvalue weighted by Crippen LogP contribution is -2.27. The number of nitrogens with zero attached hydrogens (tertiary/aromatic N) is 2. The molecule has 0 aliphatic rings. The van der Waals surface area contributed by atoms with Gasteiger partial charge >= 0.3 is 17.9 Å². The van der Waals surface area contributed by atoms with Gasteiger partial charge in [-0.2, -0.15) is 10.2 Å². The van der Waals surface area contributed by atoms with Crippen LogP contribution in [0.25, 0.3) is 0 Å². The van der Waals surface area contributed by atoms with Gasteiger partial charge in [-0.1, -0.05) is 53.2 Å². The van der Waals surface area contributed by atoms with Gasteiger partial charge in [-0.25, -0.2) is 9.59 Å². The summed E-state index contributed by atoms with van der Waals surface area (Å²) in [6, 6.07) is 26.1. The third-order valence-corrected chi connectivity index (χ3v) is 8.27. The number of esters is 3. The largest absolute Gasteiger partial charge is 0.494 e. The van der Waals surface area contributed by atoms with Crippen molar-refractivity contribution in [2.24, 2.45) is 28.0 Å². The Morgan fingerprint density at radius 3 is 1.78 bits per heavy atom. The Labute approximate surface area is 301 Å². The third kappa shape index (κ3) is 11.9. The zero-order chi connectivity index (χ0) is 36.8. The van der Waals surface area contributed by atoms with E-state index in [0.717, 1.165) is 30.5 Å². The summed E-state index contributed by atoms with van der Waals surface area (Å²) in [4.78, 5) is 37.9. The normalized spacial score (nSPS) is 11.3. The standard InChI is InChI=1S/C42H48N2O7/c1-7-10-31-11-17-34(18-12-31)43-44-35-19-24-38(30(6)27-35)51-41(46)33-15-22-37(23-16-33)50-40(45)32-13-20-36(21-14-32)48-25-8-9-26-49-42(47)39(28(2)3)29(4)5/h11-24,27-29,39H,7-10,25-26H2,1-6H3. The molecule has 4 aromatic carbocycles. The van der Waals surface area contributed by atoms with Crippen molar-refractivity contribution >= 4 is 29.3 Å². The van der Waals surface area contributed by atoms with Gasteiger partial charge in [0.15, 0.2) is 0 Å². The first kappa shape index (κ1) is 38.5. The molecule has 0 aromatic heterocycles. The van der Waals surface area contributed by atoms with Crippen molar-refractivity contribution in [2.75, 3.05) is 13.2 Å². The monoisotopic (exact) mass is 692 g/mol. The Hall–Kier alpha value is -5.31. The van der Waals surface area contributed by atoms with E-state index in [1.807, 2.05) is 46.8 Å². The fraction of sp³-hybridized carbons (Fsp3) is 0.357. The van der Waals surface area contributed by atoms with E-state index in [4.69, 9.17) is 18.9 Å². The summed E-state index contributed by atoms with van der Waals surface area (Å²) in [5.74, 6) is 0.474. The van der Waals surface area contributed by atoms with Crippen molar-refractivity contribution in [1.29, 1.82) is 0 Å². The number of hydrogen-bond acceptors (Lipinski definition) is 9. The van der Waals surface area contributed by atoms with E-state index in [9.17, 15) is 14.4 Å². The van der Waals surface area contributed by atoms with Crippen LogP contribution in [0, 0.1) is 24.7 Å². The van der Waals surface area contributed by atoms with E-state index in [2.05, 4.69) is 29.3 Å². The van der Waals surface area contributed by atoms with Crippen LogP contribution in [0.3, 0.4) is 0 Å². The molecule has 4 rings (SSSR count). The minimum absolute atomic E-state index is 0.0986. The molecular formula is C42H48N2O7. The van der Waals surface area contributed by atoms with Crippen LogP contribution < -0.4 is 14.2 Å². The predicted molar refractivity (Wildman–Crippen MR) is 197 cm³/mol. The fourth-order valence-electron chi connectivity index (χ4n) is 5.59. The summed E-state index contributed by atoms with van der Waals surface area (Å²) in [7, 11) is 0. The van der Waals surface area contributed by atoms with Gasteiger partial charge in [-0.05, 0) is 128 Å². The van der Waals surface area contributed by atoms with Crippen molar-refractivity contribution in [3.63, 3.8) is 0 Å². The Kier molecular flexibility index (Phi) is 14.5. The molecule has 0 saturated heterocycles. The quantitative estimate of drug-likeness (QED) is 0.0468. The molecule has 51 heavy (non-hydrogen) atoms. The van der Waals surface area contributed by atoms with E-state index in [0.29, 0.717) is 47.9 Å². The lowest BCUT2D eigenvalue weighted by atomic mass is 9.86. The topological polar surface area (TPSA) is 113 Å². The van der Waals surface area contributed by atoms with E-state index in [1.54, 1.807) is 66.7 Å². The second-order valence-corrected chi connectivity index (χ2v) is 13.1. The Bertz CT molecular complexity index is 1750. The van der Waals surface area contributed by atoms with E-state index in [-0.39, 0.29) is 29.5 Å². The first-order valence-electron chi connectivity index (χ1n) is 17.6. The number of unbranched alkanes of at least 4 members (excludes halogenated alkanes) is 1. The highest BCUT2D eigenvalue weighted by molar-refractivity contribution is 5.93. The van der Waals surface area contributed by atoms with E-state index < -0.39 is 11.9 Å². The highest BCUT2D eigenvalue weighted by Gasteiger charge is 2.26. The number of carbonyl (C=O) groups excluding carboxylic acids is 3. The molecule has 0 spiro atoms. The van der Waals surface area contributed by atoms with Crippen LogP contribution in [0.5, 0.6) is 17.2 Å². The lowest BCUT2D eigenvalue weighted by molar-refractivity contribution is -0.152. The van der Waals surface area contributed by atoms with Crippen molar-refractivity contribution in [3.8, 4) is 17.2 Å². The Balaban J connectivity index is 1.20. The number of carbonyl (C=O) groups is 3. The van der Waals surface area contributed by atoms with Gasteiger partial charge < -0.3 is 18.9 Å². The molecule has 9 nitrogen and oxygen atoms in total. The molecule has 0 heterocycles. The molecular weight excluding hydrogens is 644 g/mol. The summed E-state index contributed by atoms with van der Waals surface area (Å²) in [5, 5.41) is 8.62. The molecule has 0 aliphatic carbocycles. The second kappa shape index (κ2) is 19.2. The number of rotatable bonds is 17. The van der Waals surface area contributed by atoms with Gasteiger partial charge in [0.2, 0.25) is 0 Å². The van der Waals surface area contributed by atoms with Crippen LogP contribution in [0.1, 0.15) is 85.7 Å². The molecule has 0 radical (unpaired) electrons. The molecule has 268 valence electrons. The van der Waals surface area contributed by atoms with Crippen LogP contribution in [0.2, 0.25) is 0 Å². The van der Waals surface area contributed by atoms with E-state index in [1.165, 1.54) is 5.56 Å². The lowest BCUT2D eigenvalue weighted by Gasteiger charge is -2.22. The number of aryl methyl sites for hydroxylation is 2. The molecule has 0 bridgehead atoms. The van der Waals surface area contributed by atoms with Gasteiger partial charge in [0, 0.05) is 0 Å². The van der Waals surface area contributed by atoms with Crippen LogP contribution in [-0.2, 0) is 16.0 Å². The number of hydrogen-bond donors (Lipinski definition) is 0. The molecule has 0 unspecified atom stereocenters. The average Bonchev–Trinajstić information content (AvgIpc) is 3.11. The molecule has 0 amide bonds. The molecule has 0 fully saturated rings. The number of ether oxygens (including phenoxy) is 4. The number of azo groups is 1. The highest BCUT2D eigenvalue weighted by atomic mass is 16.5. The molecule has 0 saturated carbocycles. The smallest absolute Gasteiger partial charge is 0.343 e. The predicted octanol–water partition coefficient (Wildman–Crippen LogP) is 10.4. The SMILES string of the molecule is CCCc1ccc(N=Nc2ccc(OC(=O)c3ccc(OC(=O)c4ccc(OCCCCOC(=O)C(C(C)C)C(C)C)cc4)cc3)c(C)c2)cc1. The summed E-state index contributed by atoms with van der Waals surface area (Å²) in [6.07, 6.45) is 3.55. The van der Waals surface area contributed by atoms with Gasteiger partial charge in [0.1, 0.15) is 17.2 Å². The maximum Gasteiger partial charge on any atom is 0.343 e. The maximum atomic E-state index is 12.8. The van der Waals surface area contributed by atoms with Gasteiger partial charge in [0.05, 0.1) is 41.6 Å². The van der Waals surface area contributed by atoms with Crippen LogP contribution in [-0.4, -0.2) is 31.1 Å². The van der Waals surface area contributed by atoms with Crippen LogP contribution in [0.15, 0.2) is 101 Å². The maximum absolute atomic E-state index is 12.8. The third-order valence-electron chi connectivity index (χ3n) is 8.27. The summed E-state index contributed by atoms with van der Waals surface area (Å²) < 4.78 is 22.4. The molecule has 4 aromatic rings. The van der Waals surface area contributed by atoms with Crippen LogP contribution in [0.4, 0.5) is 11.4 Å². The Morgan fingerprint density at radius 1 is 0.647 bits per heavy atom. The molecule has 0 atom stereocenters. The van der Waals surface area contributed by atoms with Crippen molar-refractivity contribution in [1.82, 2.24) is 0 Å². The van der Waals surface area contributed by atoms with Gasteiger partial charge in [-0.3, -0.25) is 4.79 Å². The average molecular weight is 693 g/mol. The molecule has 0 N–H and O–H groups in total. The summed E-state index contributed by atoms with van der Waals surface area (Å²) in [6.45, 7) is 13.0. The second-order valence-electron chi connectivity index (χ2n) is 13.1. The Morgan fingerprint density at radius 2 is 1.20 bits per heavy atom. The number of benzene rings is 4. The minimum atomic E-state index is -0.542. The van der Waals surface area contributed by atoms with Crippen LogP contribution >= 0.6 is 0 Å². The van der Waals surface area contributed by atoms with Gasteiger partial charge in [-0.15, -0.1) is 0 Å². The summed E-state index contributed by atoms with van der Waals surface area (Å²) in [5.41, 5.74) is 4.07. The highest BCUT2D eigenvalue weighted by Crippen LogP contribution is 2.27. The first-order chi connectivity index (χ1) is 24.5. The summed E-state index contributed by atoms with van der Waals surface area (Å²) >= 11 is 0. The minimum Gasteiger partial charge on any atom is -0.494 e. The van der Waals surface area contributed by atoms with Crippen molar-refractivity contribution in [3.05, 3.63) is 113 Å². The molecule has 0 aliphatic heterocycles. The van der Waals surface area contributed by atoms with Crippen molar-refractivity contribution in [2.45, 2.75) is 67.2 Å². The van der Waals surface area contributed by atoms with Gasteiger partial charge in [0.25, 0.3) is 0 Å². The zero-order valence-electron chi connectivity index (χ0n) is 30.4. The first-order valence-corrected chi connectivity index (χ1v) is 17.6. The van der Waals surface area contributed by atoms with E-state index >= 15 is 0 Å². The molecule has 9 heteroatoms. The fourth-order valence-corrected chi connectivity index (χ4v) is 5.59.